The number of methoxy groups -OCH3 is 1. The van der Waals surface area contributed by atoms with Crippen molar-refractivity contribution in [2.45, 2.75) is 19.1 Å². The summed E-state index contributed by atoms with van der Waals surface area (Å²) in [7, 11) is 5.27. The Hall–Kier alpha value is -1.96. The van der Waals surface area contributed by atoms with E-state index in [1.165, 1.54) is 4.90 Å². The van der Waals surface area contributed by atoms with Crippen molar-refractivity contribution in [2.75, 3.05) is 47.4 Å². The second-order valence-corrected chi connectivity index (χ2v) is 6.64. The van der Waals surface area contributed by atoms with Crippen molar-refractivity contribution in [1.29, 1.82) is 0 Å². The Morgan fingerprint density at radius 1 is 1.35 bits per heavy atom. The molecular weight excluding hydrogens is 345 g/mol. The topological polar surface area (TPSA) is 40.1 Å². The zero-order chi connectivity index (χ0) is 19.2. The van der Waals surface area contributed by atoms with E-state index in [-0.39, 0.29) is 5.92 Å². The molecule has 0 spiro atoms. The van der Waals surface area contributed by atoms with Crippen LogP contribution < -0.4 is 10.1 Å². The zero-order valence-corrected chi connectivity index (χ0v) is 15.5. The third-order valence-corrected chi connectivity index (χ3v) is 4.47. The van der Waals surface area contributed by atoms with Crippen LogP contribution in [0.15, 0.2) is 29.3 Å². The summed E-state index contributed by atoms with van der Waals surface area (Å²) in [6, 6.07) is 7.81. The molecule has 1 fully saturated rings. The Morgan fingerprint density at radius 2 is 2.04 bits per heavy atom. The van der Waals surface area contributed by atoms with Crippen LogP contribution in [0.5, 0.6) is 5.75 Å². The number of ether oxygens (including phenoxy) is 1. The molecule has 0 aromatic heterocycles. The lowest BCUT2D eigenvalue weighted by Gasteiger charge is -2.24. The number of guanidine groups is 1. The molecule has 0 amide bonds. The highest BCUT2D eigenvalue weighted by atomic mass is 19.4. The average Bonchev–Trinajstić information content (AvgIpc) is 3.01. The van der Waals surface area contributed by atoms with Crippen LogP contribution in [-0.2, 0) is 6.54 Å². The molecule has 1 aromatic carbocycles. The number of benzene rings is 1. The zero-order valence-electron chi connectivity index (χ0n) is 15.5. The predicted molar refractivity (Wildman–Crippen MR) is 96.4 cm³/mol. The van der Waals surface area contributed by atoms with E-state index in [9.17, 15) is 13.2 Å². The molecule has 1 heterocycles. The van der Waals surface area contributed by atoms with Crippen LogP contribution in [-0.4, -0.2) is 69.3 Å². The first kappa shape index (κ1) is 20.4. The lowest BCUT2D eigenvalue weighted by atomic mass is 10.1. The van der Waals surface area contributed by atoms with Gasteiger partial charge in [0.1, 0.15) is 5.75 Å². The molecule has 1 aliphatic rings. The van der Waals surface area contributed by atoms with E-state index in [4.69, 9.17) is 4.74 Å². The number of hydrogen-bond acceptors (Lipinski definition) is 3. The quantitative estimate of drug-likeness (QED) is 0.616. The molecule has 1 saturated heterocycles. The fraction of sp³-hybridized carbons (Fsp3) is 0.611. The summed E-state index contributed by atoms with van der Waals surface area (Å²) in [6.45, 7) is 1.43. The molecule has 0 aliphatic carbocycles. The van der Waals surface area contributed by atoms with E-state index in [2.05, 4.69) is 10.3 Å². The molecule has 8 heteroatoms. The van der Waals surface area contributed by atoms with Gasteiger partial charge >= 0.3 is 6.18 Å². The first-order valence-corrected chi connectivity index (χ1v) is 8.64. The summed E-state index contributed by atoms with van der Waals surface area (Å²) < 4.78 is 42.6. The highest BCUT2D eigenvalue weighted by Crippen LogP contribution is 2.22. The number of hydrogen-bond donors (Lipinski definition) is 1. The van der Waals surface area contributed by atoms with Crippen molar-refractivity contribution < 1.29 is 17.9 Å². The van der Waals surface area contributed by atoms with Crippen LogP contribution in [0.4, 0.5) is 13.2 Å². The Balaban J connectivity index is 1.79. The second kappa shape index (κ2) is 9.12. The van der Waals surface area contributed by atoms with Gasteiger partial charge in [0.2, 0.25) is 0 Å². The largest absolute Gasteiger partial charge is 0.497 e. The lowest BCUT2D eigenvalue weighted by molar-refractivity contribution is -0.143. The standard InChI is InChI=1S/C18H27F3N4O/c1-22-17(24(2)11-14-4-6-16(26-3)7-5-14)23-10-15-8-9-25(12-15)13-18(19,20)21/h4-7,15H,8-13H2,1-3H3,(H,22,23). The molecule has 2 rings (SSSR count). The number of nitrogens with zero attached hydrogens (tertiary/aromatic N) is 3. The monoisotopic (exact) mass is 372 g/mol. The van der Waals surface area contributed by atoms with Gasteiger partial charge in [-0.2, -0.15) is 13.2 Å². The molecule has 1 aliphatic heterocycles. The van der Waals surface area contributed by atoms with Gasteiger partial charge < -0.3 is 15.0 Å². The normalized spacial score (nSPS) is 18.8. The molecule has 1 unspecified atom stereocenters. The number of aliphatic imine (C=N–C) groups is 1. The number of alkyl halides is 3. The summed E-state index contributed by atoms with van der Waals surface area (Å²) in [6.07, 6.45) is -3.36. The number of likely N-dealkylation sites (tertiary alicyclic amines) is 1. The maximum absolute atomic E-state index is 12.5. The van der Waals surface area contributed by atoms with Gasteiger partial charge in [0.15, 0.2) is 5.96 Å². The molecule has 1 N–H and O–H groups in total. The van der Waals surface area contributed by atoms with Crippen molar-refractivity contribution in [3.05, 3.63) is 29.8 Å². The van der Waals surface area contributed by atoms with Crippen LogP contribution in [0.25, 0.3) is 0 Å². The molecule has 0 bridgehead atoms. The summed E-state index contributed by atoms with van der Waals surface area (Å²) in [4.78, 5) is 7.73. The van der Waals surface area contributed by atoms with Gasteiger partial charge in [-0.15, -0.1) is 0 Å². The minimum absolute atomic E-state index is 0.198. The predicted octanol–water partition coefficient (Wildman–Crippen LogP) is 2.59. The van der Waals surface area contributed by atoms with Crippen LogP contribution >= 0.6 is 0 Å². The average molecular weight is 372 g/mol. The van der Waals surface area contributed by atoms with Crippen LogP contribution in [0, 0.1) is 5.92 Å². The van der Waals surface area contributed by atoms with E-state index in [0.29, 0.717) is 26.2 Å². The SMILES string of the molecule is CN=C(NCC1CCN(CC(F)(F)F)C1)N(C)Cc1ccc(OC)cc1. The van der Waals surface area contributed by atoms with E-state index in [0.717, 1.165) is 23.7 Å². The summed E-state index contributed by atoms with van der Waals surface area (Å²) in [5.41, 5.74) is 1.12. The third-order valence-electron chi connectivity index (χ3n) is 4.47. The molecular formula is C18H27F3N4O. The van der Waals surface area contributed by atoms with Gasteiger partial charge in [0.05, 0.1) is 13.7 Å². The van der Waals surface area contributed by atoms with E-state index < -0.39 is 12.7 Å². The van der Waals surface area contributed by atoms with Crippen molar-refractivity contribution in [3.8, 4) is 5.75 Å². The highest BCUT2D eigenvalue weighted by Gasteiger charge is 2.34. The van der Waals surface area contributed by atoms with Gasteiger partial charge in [-0.05, 0) is 36.6 Å². The lowest BCUT2D eigenvalue weighted by Crippen LogP contribution is -2.41. The highest BCUT2D eigenvalue weighted by molar-refractivity contribution is 5.79. The summed E-state index contributed by atoms with van der Waals surface area (Å²) >= 11 is 0. The van der Waals surface area contributed by atoms with Gasteiger partial charge in [0.25, 0.3) is 0 Å². The Bertz CT molecular complexity index is 589. The van der Waals surface area contributed by atoms with Crippen molar-refractivity contribution >= 4 is 5.96 Å². The second-order valence-electron chi connectivity index (χ2n) is 6.64. The van der Waals surface area contributed by atoms with Gasteiger partial charge in [-0.3, -0.25) is 9.89 Å². The smallest absolute Gasteiger partial charge is 0.401 e. The van der Waals surface area contributed by atoms with Crippen LogP contribution in [0.3, 0.4) is 0 Å². The van der Waals surface area contributed by atoms with Gasteiger partial charge in [-0.1, -0.05) is 12.1 Å². The van der Waals surface area contributed by atoms with E-state index >= 15 is 0 Å². The molecule has 1 atom stereocenters. The Labute approximate surface area is 152 Å². The van der Waals surface area contributed by atoms with Crippen LogP contribution in [0.2, 0.25) is 0 Å². The Morgan fingerprint density at radius 3 is 2.62 bits per heavy atom. The van der Waals surface area contributed by atoms with Gasteiger partial charge in [0, 0.05) is 33.7 Å². The minimum atomic E-state index is -4.13. The fourth-order valence-corrected chi connectivity index (χ4v) is 3.18. The molecule has 0 saturated carbocycles. The maximum atomic E-state index is 12.5. The van der Waals surface area contributed by atoms with E-state index in [1.54, 1.807) is 14.2 Å². The first-order chi connectivity index (χ1) is 12.3. The number of rotatable bonds is 6. The molecule has 0 radical (unpaired) electrons. The molecule has 1 aromatic rings. The molecule has 5 nitrogen and oxygen atoms in total. The van der Waals surface area contributed by atoms with Crippen molar-refractivity contribution in [1.82, 2.24) is 15.1 Å². The van der Waals surface area contributed by atoms with Crippen molar-refractivity contribution in [3.63, 3.8) is 0 Å². The minimum Gasteiger partial charge on any atom is -0.497 e. The van der Waals surface area contributed by atoms with Crippen LogP contribution in [0.1, 0.15) is 12.0 Å². The number of halogens is 3. The van der Waals surface area contributed by atoms with Gasteiger partial charge in [-0.25, -0.2) is 0 Å². The molecule has 146 valence electrons. The van der Waals surface area contributed by atoms with Crippen molar-refractivity contribution in [2.24, 2.45) is 10.9 Å². The first-order valence-electron chi connectivity index (χ1n) is 8.64. The summed E-state index contributed by atoms with van der Waals surface area (Å²) in [5, 5.41) is 3.28. The maximum Gasteiger partial charge on any atom is 0.401 e. The summed E-state index contributed by atoms with van der Waals surface area (Å²) in [5.74, 6) is 1.74. The fourth-order valence-electron chi connectivity index (χ4n) is 3.18. The number of nitrogens with one attached hydrogen (secondary N) is 1. The van der Waals surface area contributed by atoms with E-state index in [1.807, 2.05) is 36.2 Å². The molecule has 26 heavy (non-hydrogen) atoms. The third kappa shape index (κ3) is 6.40. The Kier molecular flexibility index (Phi) is 7.14.